The molecule has 2 aromatic rings. The normalized spacial score (nSPS) is 15.0. The van der Waals surface area contributed by atoms with Crippen molar-refractivity contribution in [3.05, 3.63) is 52.7 Å². The third-order valence-corrected chi connectivity index (χ3v) is 3.82. The van der Waals surface area contributed by atoms with Crippen LogP contribution in [0.3, 0.4) is 0 Å². The Morgan fingerprint density at radius 3 is 3.00 bits per heavy atom. The van der Waals surface area contributed by atoms with E-state index in [2.05, 4.69) is 4.98 Å². The molecule has 1 N–H and O–H groups in total. The minimum atomic E-state index is -2.69. The summed E-state index contributed by atoms with van der Waals surface area (Å²) in [6.45, 7) is 1.35. The summed E-state index contributed by atoms with van der Waals surface area (Å²) in [5, 5.41) is 9.19. The van der Waals surface area contributed by atoms with E-state index in [1.807, 2.05) is 11.0 Å². The Morgan fingerprint density at radius 1 is 1.45 bits per heavy atom. The van der Waals surface area contributed by atoms with Gasteiger partial charge in [-0.25, -0.2) is 18.6 Å². The van der Waals surface area contributed by atoms with Gasteiger partial charge in [0.1, 0.15) is 5.69 Å². The first-order valence-corrected chi connectivity index (χ1v) is 6.83. The Kier molecular flexibility index (Phi) is 3.89. The average Bonchev–Trinajstić information content (AvgIpc) is 2.94. The summed E-state index contributed by atoms with van der Waals surface area (Å²) in [6, 6.07) is 5.15. The lowest BCUT2D eigenvalue weighted by atomic mass is 9.94. The molecule has 0 aliphatic carbocycles. The Hall–Kier alpha value is -2.28. The maximum Gasteiger partial charge on any atom is 0.335 e. The van der Waals surface area contributed by atoms with Crippen LogP contribution in [0.4, 0.5) is 8.78 Å². The highest BCUT2D eigenvalue weighted by Crippen LogP contribution is 2.27. The van der Waals surface area contributed by atoms with Crippen molar-refractivity contribution in [2.45, 2.75) is 25.9 Å². The number of nitrogens with zero attached hydrogens (tertiary/aromatic N) is 2. The topological polar surface area (TPSA) is 66.6 Å². The Morgan fingerprint density at radius 2 is 2.27 bits per heavy atom. The van der Waals surface area contributed by atoms with Gasteiger partial charge in [0.25, 0.3) is 6.43 Å². The van der Waals surface area contributed by atoms with Crippen LogP contribution in [0, 0.1) is 0 Å². The molecule has 0 atom stereocenters. The lowest BCUT2D eigenvalue weighted by molar-refractivity contribution is 0.0694. The number of aromatic carboxylic acids is 1. The Bertz CT molecular complexity index is 700. The number of fused-ring (bicyclic) bond motifs is 1. The highest BCUT2D eigenvalue weighted by atomic mass is 19.3. The van der Waals surface area contributed by atoms with Crippen molar-refractivity contribution in [2.24, 2.45) is 0 Å². The fourth-order valence-electron chi connectivity index (χ4n) is 2.79. The van der Waals surface area contributed by atoms with Crippen LogP contribution in [-0.2, 0) is 19.5 Å². The molecule has 0 fully saturated rings. The first kappa shape index (κ1) is 14.6. The molecule has 1 aromatic heterocycles. The largest absolute Gasteiger partial charge is 0.478 e. The number of carboxylic acids is 1. The summed E-state index contributed by atoms with van der Waals surface area (Å²) in [6.07, 6.45) is -1.09. The summed E-state index contributed by atoms with van der Waals surface area (Å²) in [5.41, 5.74) is 2.27. The molecule has 5 nitrogen and oxygen atoms in total. The van der Waals surface area contributed by atoms with Gasteiger partial charge in [0.2, 0.25) is 0 Å². The van der Waals surface area contributed by atoms with Gasteiger partial charge in [-0.3, -0.25) is 4.90 Å². The van der Waals surface area contributed by atoms with Crippen LogP contribution in [0.2, 0.25) is 0 Å². The lowest BCUT2D eigenvalue weighted by Crippen LogP contribution is -2.31. The van der Waals surface area contributed by atoms with Crippen molar-refractivity contribution >= 4 is 5.97 Å². The fraction of sp³-hybridized carbons (Fsp3) is 0.333. The van der Waals surface area contributed by atoms with Crippen molar-refractivity contribution in [1.29, 1.82) is 0 Å². The molecule has 0 unspecified atom stereocenters. The lowest BCUT2D eigenvalue weighted by Gasteiger charge is -2.29. The summed E-state index contributed by atoms with van der Waals surface area (Å²) < 4.78 is 30.3. The molecule has 0 bridgehead atoms. The van der Waals surface area contributed by atoms with E-state index in [1.54, 1.807) is 12.1 Å². The summed E-state index contributed by atoms with van der Waals surface area (Å²) in [7, 11) is 0. The Balaban J connectivity index is 1.79. The van der Waals surface area contributed by atoms with Crippen molar-refractivity contribution in [3.63, 3.8) is 0 Å². The molecule has 7 heteroatoms. The van der Waals surface area contributed by atoms with E-state index in [0.29, 0.717) is 25.1 Å². The van der Waals surface area contributed by atoms with Crippen LogP contribution in [0.5, 0.6) is 0 Å². The summed E-state index contributed by atoms with van der Waals surface area (Å²) in [4.78, 5) is 17.0. The number of oxazole rings is 1. The van der Waals surface area contributed by atoms with Gasteiger partial charge in [-0.05, 0) is 23.6 Å². The predicted molar refractivity (Wildman–Crippen MR) is 72.7 cm³/mol. The minimum Gasteiger partial charge on any atom is -0.478 e. The SMILES string of the molecule is O=C(O)c1cccc2c1CCN(Cc1ncoc1C(F)F)C2. The average molecular weight is 308 g/mol. The van der Waals surface area contributed by atoms with Gasteiger partial charge in [0, 0.05) is 19.6 Å². The quantitative estimate of drug-likeness (QED) is 0.940. The number of aromatic nitrogens is 1. The smallest absolute Gasteiger partial charge is 0.335 e. The van der Waals surface area contributed by atoms with Gasteiger partial charge >= 0.3 is 5.97 Å². The zero-order valence-corrected chi connectivity index (χ0v) is 11.6. The molecule has 116 valence electrons. The highest BCUT2D eigenvalue weighted by Gasteiger charge is 2.24. The molecule has 0 spiro atoms. The molecule has 1 aliphatic heterocycles. The van der Waals surface area contributed by atoms with E-state index < -0.39 is 18.2 Å². The molecule has 3 rings (SSSR count). The third kappa shape index (κ3) is 2.71. The second-order valence-electron chi connectivity index (χ2n) is 5.17. The van der Waals surface area contributed by atoms with Gasteiger partial charge in [-0.1, -0.05) is 12.1 Å². The van der Waals surface area contributed by atoms with Gasteiger partial charge in [-0.2, -0.15) is 0 Å². The number of benzene rings is 1. The molecule has 0 saturated carbocycles. The standard InChI is InChI=1S/C15H14F2N2O3/c16-14(17)13-12(18-8-22-13)7-19-5-4-10-9(6-19)2-1-3-11(10)15(20)21/h1-3,8,14H,4-7H2,(H,20,21). The first-order valence-electron chi connectivity index (χ1n) is 6.83. The maximum atomic E-state index is 12.8. The van der Waals surface area contributed by atoms with Gasteiger partial charge in [0.15, 0.2) is 12.2 Å². The van der Waals surface area contributed by atoms with Crippen molar-refractivity contribution in [1.82, 2.24) is 9.88 Å². The zero-order valence-electron chi connectivity index (χ0n) is 11.6. The molecular weight excluding hydrogens is 294 g/mol. The predicted octanol–water partition coefficient (Wildman–Crippen LogP) is 2.87. The van der Waals surface area contributed by atoms with Gasteiger partial charge in [0.05, 0.1) is 5.56 Å². The van der Waals surface area contributed by atoms with Crippen molar-refractivity contribution in [3.8, 4) is 0 Å². The first-order chi connectivity index (χ1) is 10.6. The maximum absolute atomic E-state index is 12.8. The Labute approximate surface area is 125 Å². The number of rotatable bonds is 4. The third-order valence-electron chi connectivity index (χ3n) is 3.82. The second-order valence-corrected chi connectivity index (χ2v) is 5.17. The van der Waals surface area contributed by atoms with Crippen LogP contribution < -0.4 is 0 Å². The van der Waals surface area contributed by atoms with Crippen LogP contribution in [-0.4, -0.2) is 27.5 Å². The molecule has 0 saturated heterocycles. The summed E-state index contributed by atoms with van der Waals surface area (Å²) >= 11 is 0. The number of carbonyl (C=O) groups is 1. The molecule has 2 heterocycles. The zero-order chi connectivity index (χ0) is 15.7. The highest BCUT2D eigenvalue weighted by molar-refractivity contribution is 5.89. The molecular formula is C15H14F2N2O3. The number of halogens is 2. The molecule has 1 aliphatic rings. The number of carboxylic acid groups (broad SMARTS) is 1. The van der Waals surface area contributed by atoms with Crippen molar-refractivity contribution < 1.29 is 23.1 Å². The molecule has 0 amide bonds. The molecule has 1 aromatic carbocycles. The summed E-state index contributed by atoms with van der Waals surface area (Å²) in [5.74, 6) is -1.34. The van der Waals surface area contributed by atoms with Crippen LogP contribution >= 0.6 is 0 Å². The number of hydrogen-bond acceptors (Lipinski definition) is 4. The van der Waals surface area contributed by atoms with E-state index in [9.17, 15) is 18.7 Å². The van der Waals surface area contributed by atoms with Gasteiger partial charge in [-0.15, -0.1) is 0 Å². The van der Waals surface area contributed by atoms with E-state index in [-0.39, 0.29) is 12.2 Å². The molecule has 0 radical (unpaired) electrons. The van der Waals surface area contributed by atoms with E-state index in [4.69, 9.17) is 4.42 Å². The van der Waals surface area contributed by atoms with E-state index in [1.165, 1.54) is 0 Å². The van der Waals surface area contributed by atoms with Crippen LogP contribution in [0.15, 0.2) is 29.0 Å². The van der Waals surface area contributed by atoms with Crippen molar-refractivity contribution in [2.75, 3.05) is 6.54 Å². The van der Waals surface area contributed by atoms with E-state index in [0.717, 1.165) is 17.5 Å². The monoisotopic (exact) mass is 308 g/mol. The minimum absolute atomic E-state index is 0.229. The number of alkyl halides is 2. The second kappa shape index (κ2) is 5.84. The number of hydrogen-bond donors (Lipinski definition) is 1. The fourth-order valence-corrected chi connectivity index (χ4v) is 2.79. The van der Waals surface area contributed by atoms with Crippen LogP contribution in [0.25, 0.3) is 0 Å². The molecule has 22 heavy (non-hydrogen) atoms. The van der Waals surface area contributed by atoms with E-state index >= 15 is 0 Å². The van der Waals surface area contributed by atoms with Gasteiger partial charge < -0.3 is 9.52 Å². The van der Waals surface area contributed by atoms with Crippen LogP contribution in [0.1, 0.15) is 39.4 Å².